The summed E-state index contributed by atoms with van der Waals surface area (Å²) >= 11 is 0. The molecule has 0 fully saturated rings. The van der Waals surface area contributed by atoms with E-state index >= 15 is 0 Å². The van der Waals surface area contributed by atoms with E-state index in [0.29, 0.717) is 12.0 Å². The molecule has 13 heavy (non-hydrogen) atoms. The summed E-state index contributed by atoms with van der Waals surface area (Å²) in [5.74, 6) is -0.267. The molecule has 0 spiro atoms. The Kier molecular flexibility index (Phi) is 1.86. The number of aryl methyl sites for hydroxylation is 1. The van der Waals surface area contributed by atoms with Crippen LogP contribution in [0.25, 0.3) is 0 Å². The van der Waals surface area contributed by atoms with Crippen molar-refractivity contribution in [2.75, 3.05) is 0 Å². The van der Waals surface area contributed by atoms with Gasteiger partial charge < -0.3 is 0 Å². The van der Waals surface area contributed by atoms with Crippen molar-refractivity contribution >= 4 is 0 Å². The van der Waals surface area contributed by atoms with Crippen LogP contribution in [0, 0.1) is 5.82 Å². The van der Waals surface area contributed by atoms with Crippen LogP contribution < -0.4 is 0 Å². The average molecular weight is 182 g/mol. The van der Waals surface area contributed by atoms with Crippen molar-refractivity contribution < 1.29 is 8.78 Å². The minimum absolute atomic E-state index is 0.267. The average Bonchev–Trinajstić information content (AvgIpc) is 2.02. The molecule has 0 amide bonds. The Labute approximate surface area is 76.6 Å². The van der Waals surface area contributed by atoms with Gasteiger partial charge in [-0.15, -0.1) is 0 Å². The molecule has 2 rings (SSSR count). The Hall–Kier alpha value is -0.920. The van der Waals surface area contributed by atoms with Crippen LogP contribution in [0.1, 0.15) is 30.9 Å². The summed E-state index contributed by atoms with van der Waals surface area (Å²) < 4.78 is 26.7. The van der Waals surface area contributed by atoms with E-state index in [1.165, 1.54) is 12.1 Å². The zero-order valence-electron chi connectivity index (χ0n) is 7.61. The van der Waals surface area contributed by atoms with Crippen molar-refractivity contribution in [3.8, 4) is 0 Å². The number of alkyl halides is 1. The van der Waals surface area contributed by atoms with Crippen LogP contribution in [0.3, 0.4) is 0 Å². The van der Waals surface area contributed by atoms with Crippen LogP contribution in [0.15, 0.2) is 18.2 Å². The molecule has 0 aromatic heterocycles. The van der Waals surface area contributed by atoms with E-state index in [-0.39, 0.29) is 5.82 Å². The summed E-state index contributed by atoms with van der Waals surface area (Å²) in [5.41, 5.74) is 0.234. The maximum atomic E-state index is 13.9. The number of benzene rings is 1. The third-order valence-corrected chi connectivity index (χ3v) is 2.72. The van der Waals surface area contributed by atoms with Crippen molar-refractivity contribution in [2.24, 2.45) is 0 Å². The van der Waals surface area contributed by atoms with E-state index in [1.807, 2.05) is 0 Å². The first-order chi connectivity index (χ1) is 6.09. The second kappa shape index (κ2) is 2.79. The lowest BCUT2D eigenvalue weighted by molar-refractivity contribution is 0.162. The standard InChI is InChI=1S/C11H12F2/c1-11(13)6-2-3-8-7-9(12)4-5-10(8)11/h4-5,7H,2-3,6H2,1H3. The van der Waals surface area contributed by atoms with Gasteiger partial charge in [0.15, 0.2) is 0 Å². The third-order valence-electron chi connectivity index (χ3n) is 2.72. The number of fused-ring (bicyclic) bond motifs is 1. The largest absolute Gasteiger partial charge is 0.239 e. The van der Waals surface area contributed by atoms with Gasteiger partial charge in [0.2, 0.25) is 0 Å². The molecule has 0 nitrogen and oxygen atoms in total. The van der Waals surface area contributed by atoms with Gasteiger partial charge in [0.25, 0.3) is 0 Å². The second-order valence-electron chi connectivity index (χ2n) is 3.85. The highest BCUT2D eigenvalue weighted by atomic mass is 19.1. The fourth-order valence-electron chi connectivity index (χ4n) is 2.02. The molecule has 1 atom stereocenters. The van der Waals surface area contributed by atoms with Gasteiger partial charge in [0, 0.05) is 0 Å². The van der Waals surface area contributed by atoms with E-state index in [4.69, 9.17) is 0 Å². The molecule has 0 saturated carbocycles. The quantitative estimate of drug-likeness (QED) is 0.577. The molecule has 1 aliphatic rings. The van der Waals surface area contributed by atoms with Crippen molar-refractivity contribution in [3.63, 3.8) is 0 Å². The summed E-state index contributed by atoms with van der Waals surface area (Å²) in [5, 5.41) is 0. The van der Waals surface area contributed by atoms with Gasteiger partial charge in [-0.2, -0.15) is 0 Å². The lowest BCUT2D eigenvalue weighted by Crippen LogP contribution is -2.22. The predicted molar refractivity (Wildman–Crippen MR) is 47.8 cm³/mol. The van der Waals surface area contributed by atoms with Crippen LogP contribution in [0.4, 0.5) is 8.78 Å². The minimum Gasteiger partial charge on any atom is -0.239 e. The highest BCUT2D eigenvalue weighted by Gasteiger charge is 2.31. The molecule has 0 N–H and O–H groups in total. The topological polar surface area (TPSA) is 0 Å². The summed E-state index contributed by atoms with van der Waals surface area (Å²) in [4.78, 5) is 0. The fraction of sp³-hybridized carbons (Fsp3) is 0.455. The predicted octanol–water partition coefficient (Wildman–Crippen LogP) is 3.35. The number of hydrogen-bond acceptors (Lipinski definition) is 0. The Balaban J connectivity index is 2.53. The minimum atomic E-state index is -1.26. The van der Waals surface area contributed by atoms with Gasteiger partial charge in [-0.1, -0.05) is 6.07 Å². The molecule has 0 saturated heterocycles. The van der Waals surface area contributed by atoms with Gasteiger partial charge in [0.1, 0.15) is 11.5 Å². The Morgan fingerprint density at radius 3 is 2.92 bits per heavy atom. The monoisotopic (exact) mass is 182 g/mol. The molecule has 1 aromatic carbocycles. The van der Waals surface area contributed by atoms with Crippen LogP contribution in [0.5, 0.6) is 0 Å². The van der Waals surface area contributed by atoms with Crippen molar-refractivity contribution in [3.05, 3.63) is 35.1 Å². The molecule has 2 heteroatoms. The van der Waals surface area contributed by atoms with Crippen LogP contribution >= 0.6 is 0 Å². The van der Waals surface area contributed by atoms with Gasteiger partial charge >= 0.3 is 0 Å². The maximum Gasteiger partial charge on any atom is 0.133 e. The summed E-state index contributed by atoms with van der Waals surface area (Å²) in [6.07, 6.45) is 2.15. The van der Waals surface area contributed by atoms with Crippen molar-refractivity contribution in [1.29, 1.82) is 0 Å². The van der Waals surface area contributed by atoms with Crippen molar-refractivity contribution in [2.45, 2.75) is 31.9 Å². The molecule has 0 bridgehead atoms. The zero-order chi connectivity index (χ0) is 9.47. The van der Waals surface area contributed by atoms with E-state index < -0.39 is 5.67 Å². The van der Waals surface area contributed by atoms with Crippen LogP contribution in [-0.2, 0) is 12.1 Å². The number of hydrogen-bond donors (Lipinski definition) is 0. The van der Waals surface area contributed by atoms with E-state index in [0.717, 1.165) is 18.4 Å². The fourth-order valence-corrected chi connectivity index (χ4v) is 2.02. The van der Waals surface area contributed by atoms with E-state index in [1.54, 1.807) is 13.0 Å². The molecule has 1 aromatic rings. The first-order valence-electron chi connectivity index (χ1n) is 4.57. The molecule has 70 valence electrons. The van der Waals surface area contributed by atoms with Crippen LogP contribution in [-0.4, -0.2) is 0 Å². The molecule has 0 aliphatic heterocycles. The number of rotatable bonds is 0. The summed E-state index contributed by atoms with van der Waals surface area (Å²) in [7, 11) is 0. The zero-order valence-corrected chi connectivity index (χ0v) is 7.61. The highest BCUT2D eigenvalue weighted by molar-refractivity contribution is 5.34. The second-order valence-corrected chi connectivity index (χ2v) is 3.85. The van der Waals surface area contributed by atoms with Crippen molar-refractivity contribution in [1.82, 2.24) is 0 Å². The third kappa shape index (κ3) is 1.45. The first-order valence-corrected chi connectivity index (χ1v) is 4.57. The van der Waals surface area contributed by atoms with Crippen LogP contribution in [0.2, 0.25) is 0 Å². The Morgan fingerprint density at radius 1 is 1.38 bits per heavy atom. The summed E-state index contributed by atoms with van der Waals surface area (Å²) in [6.45, 7) is 1.57. The lowest BCUT2D eigenvalue weighted by atomic mass is 9.82. The Bertz CT molecular complexity index is 329. The SMILES string of the molecule is CC1(F)CCCc2cc(F)ccc21. The molecule has 0 heterocycles. The summed E-state index contributed by atoms with van der Waals surface area (Å²) in [6, 6.07) is 4.36. The first kappa shape index (κ1) is 8.67. The molecule has 1 unspecified atom stereocenters. The number of halogens is 2. The smallest absolute Gasteiger partial charge is 0.133 e. The van der Waals surface area contributed by atoms with Gasteiger partial charge in [-0.25, -0.2) is 8.78 Å². The van der Waals surface area contributed by atoms with Gasteiger partial charge in [-0.05, 0) is 49.4 Å². The molecule has 0 radical (unpaired) electrons. The van der Waals surface area contributed by atoms with E-state index in [2.05, 4.69) is 0 Å². The molecule has 1 aliphatic carbocycles. The molecular formula is C11H12F2. The Morgan fingerprint density at radius 2 is 2.15 bits per heavy atom. The lowest BCUT2D eigenvalue weighted by Gasteiger charge is -2.28. The highest BCUT2D eigenvalue weighted by Crippen LogP contribution is 2.38. The normalized spacial score (nSPS) is 27.0. The maximum absolute atomic E-state index is 13.9. The molecular weight excluding hydrogens is 170 g/mol. The van der Waals surface area contributed by atoms with Gasteiger partial charge in [0.05, 0.1) is 0 Å². The van der Waals surface area contributed by atoms with E-state index in [9.17, 15) is 8.78 Å². The van der Waals surface area contributed by atoms with Gasteiger partial charge in [-0.3, -0.25) is 0 Å².